The van der Waals surface area contributed by atoms with E-state index in [1.165, 1.54) is 6.26 Å². The summed E-state index contributed by atoms with van der Waals surface area (Å²) in [6.07, 6.45) is -2.29. The maximum atomic E-state index is 12.6. The highest BCUT2D eigenvalue weighted by molar-refractivity contribution is 5.04. The molecule has 7 heteroatoms. The quantitative estimate of drug-likeness (QED) is 0.737. The molecule has 104 valence electrons. The van der Waals surface area contributed by atoms with Crippen molar-refractivity contribution < 1.29 is 26.7 Å². The van der Waals surface area contributed by atoms with Gasteiger partial charge in [0.2, 0.25) is 0 Å². The van der Waals surface area contributed by atoms with Gasteiger partial charge in [-0.15, -0.1) is 0 Å². The summed E-state index contributed by atoms with van der Waals surface area (Å²) in [5, 5.41) is 2.95. The summed E-state index contributed by atoms with van der Waals surface area (Å²) in [5.74, 6) is -3.61. The van der Waals surface area contributed by atoms with E-state index < -0.39 is 25.0 Å². The molecule has 0 saturated carbocycles. The third kappa shape index (κ3) is 4.30. The topological polar surface area (TPSA) is 34.4 Å². The zero-order chi connectivity index (χ0) is 13.6. The highest BCUT2D eigenvalue weighted by atomic mass is 19.3. The van der Waals surface area contributed by atoms with Crippen molar-refractivity contribution in [2.24, 2.45) is 0 Å². The summed E-state index contributed by atoms with van der Waals surface area (Å²) in [6, 6.07) is 2.87. The number of likely N-dealkylation sites (N-methyl/N-ethyl adjacent to an activating group) is 1. The van der Waals surface area contributed by atoms with Crippen LogP contribution < -0.4 is 5.32 Å². The van der Waals surface area contributed by atoms with Crippen LogP contribution in [0.15, 0.2) is 22.8 Å². The van der Waals surface area contributed by atoms with Crippen molar-refractivity contribution in [1.29, 1.82) is 0 Å². The van der Waals surface area contributed by atoms with E-state index in [1.54, 1.807) is 12.1 Å². The van der Waals surface area contributed by atoms with Gasteiger partial charge >= 0.3 is 12.3 Å². The SMILES string of the molecule is CCNC(COCC(F)(F)C(F)F)c1ccco1. The monoisotopic (exact) mass is 269 g/mol. The van der Waals surface area contributed by atoms with Gasteiger partial charge in [-0.25, -0.2) is 8.78 Å². The smallest absolute Gasteiger partial charge is 0.330 e. The van der Waals surface area contributed by atoms with E-state index in [-0.39, 0.29) is 6.61 Å². The van der Waals surface area contributed by atoms with E-state index in [1.807, 2.05) is 6.92 Å². The summed E-state index contributed by atoms with van der Waals surface area (Å²) >= 11 is 0. The fourth-order valence-corrected chi connectivity index (χ4v) is 1.35. The van der Waals surface area contributed by atoms with E-state index in [0.717, 1.165) is 0 Å². The number of halogens is 4. The minimum Gasteiger partial charge on any atom is -0.468 e. The van der Waals surface area contributed by atoms with Gasteiger partial charge in [0.1, 0.15) is 12.4 Å². The zero-order valence-corrected chi connectivity index (χ0v) is 9.84. The first-order valence-electron chi connectivity index (χ1n) is 5.48. The van der Waals surface area contributed by atoms with E-state index >= 15 is 0 Å². The van der Waals surface area contributed by atoms with Gasteiger partial charge in [-0.1, -0.05) is 6.92 Å². The first-order chi connectivity index (χ1) is 8.47. The second-order valence-corrected chi connectivity index (χ2v) is 3.70. The number of alkyl halides is 4. The van der Waals surface area contributed by atoms with Crippen molar-refractivity contribution >= 4 is 0 Å². The van der Waals surface area contributed by atoms with Crippen LogP contribution >= 0.6 is 0 Å². The molecule has 0 aliphatic carbocycles. The summed E-state index contributed by atoms with van der Waals surface area (Å²) in [6.45, 7) is 0.917. The Morgan fingerprint density at radius 3 is 2.67 bits per heavy atom. The van der Waals surface area contributed by atoms with Crippen LogP contribution in [0.3, 0.4) is 0 Å². The van der Waals surface area contributed by atoms with Gasteiger partial charge in [0, 0.05) is 0 Å². The van der Waals surface area contributed by atoms with Crippen LogP contribution in [0.5, 0.6) is 0 Å². The Morgan fingerprint density at radius 2 is 2.17 bits per heavy atom. The summed E-state index contributed by atoms with van der Waals surface area (Å²) < 4.78 is 58.7. The number of furan rings is 1. The molecule has 0 aliphatic rings. The largest absolute Gasteiger partial charge is 0.468 e. The van der Waals surface area contributed by atoms with Crippen LogP contribution in [0.4, 0.5) is 17.6 Å². The van der Waals surface area contributed by atoms with Crippen molar-refractivity contribution in [3.63, 3.8) is 0 Å². The van der Waals surface area contributed by atoms with Gasteiger partial charge in [-0.05, 0) is 18.7 Å². The van der Waals surface area contributed by atoms with Crippen molar-refractivity contribution in [3.05, 3.63) is 24.2 Å². The molecule has 1 aromatic heterocycles. The standard InChI is InChI=1S/C11H15F4NO2/c1-2-16-8(9-4-3-5-18-9)6-17-7-11(14,15)10(12)13/h3-5,8,10,16H,2,6-7H2,1H3. The zero-order valence-electron chi connectivity index (χ0n) is 9.84. The fourth-order valence-electron chi connectivity index (χ4n) is 1.35. The van der Waals surface area contributed by atoms with Crippen LogP contribution in [-0.4, -0.2) is 32.1 Å². The molecule has 0 aliphatic heterocycles. The van der Waals surface area contributed by atoms with Gasteiger partial charge in [0.25, 0.3) is 0 Å². The summed E-state index contributed by atoms with van der Waals surface area (Å²) in [7, 11) is 0. The maximum Gasteiger partial charge on any atom is 0.330 e. The second-order valence-electron chi connectivity index (χ2n) is 3.70. The molecule has 1 atom stereocenters. The molecule has 1 heterocycles. The maximum absolute atomic E-state index is 12.6. The molecular formula is C11H15F4NO2. The predicted molar refractivity (Wildman–Crippen MR) is 56.9 cm³/mol. The second kappa shape index (κ2) is 6.75. The van der Waals surface area contributed by atoms with Gasteiger partial charge < -0.3 is 14.5 Å². The third-order valence-corrected chi connectivity index (χ3v) is 2.24. The first-order valence-corrected chi connectivity index (χ1v) is 5.48. The van der Waals surface area contributed by atoms with E-state index in [0.29, 0.717) is 12.3 Å². The Hall–Kier alpha value is -1.08. The average Bonchev–Trinajstić information content (AvgIpc) is 2.80. The molecule has 18 heavy (non-hydrogen) atoms. The molecule has 0 saturated heterocycles. The van der Waals surface area contributed by atoms with Crippen molar-refractivity contribution in [3.8, 4) is 0 Å². The molecule has 1 N–H and O–H groups in total. The number of hydrogen-bond donors (Lipinski definition) is 1. The molecule has 1 aromatic rings. The summed E-state index contributed by atoms with van der Waals surface area (Å²) in [5.41, 5.74) is 0. The van der Waals surface area contributed by atoms with E-state index in [2.05, 4.69) is 10.1 Å². The lowest BCUT2D eigenvalue weighted by atomic mass is 10.2. The van der Waals surface area contributed by atoms with Crippen molar-refractivity contribution in [2.45, 2.75) is 25.3 Å². The minimum absolute atomic E-state index is 0.163. The number of rotatable bonds is 8. The molecule has 0 amide bonds. The molecule has 0 bridgehead atoms. The predicted octanol–water partition coefficient (Wildman–Crippen LogP) is 2.85. The lowest BCUT2D eigenvalue weighted by molar-refractivity contribution is -0.167. The lowest BCUT2D eigenvalue weighted by Gasteiger charge is -2.19. The normalized spacial score (nSPS) is 14.1. The molecular weight excluding hydrogens is 254 g/mol. The molecule has 3 nitrogen and oxygen atoms in total. The van der Waals surface area contributed by atoms with Crippen LogP contribution in [0.2, 0.25) is 0 Å². The Morgan fingerprint density at radius 1 is 1.44 bits per heavy atom. The van der Waals surface area contributed by atoms with Crippen molar-refractivity contribution in [2.75, 3.05) is 19.8 Å². The lowest BCUT2D eigenvalue weighted by Crippen LogP contribution is -2.34. The Kier molecular flexibility index (Phi) is 5.61. The average molecular weight is 269 g/mol. The van der Waals surface area contributed by atoms with Crippen LogP contribution in [0.25, 0.3) is 0 Å². The first kappa shape index (κ1) is 15.0. The molecule has 1 unspecified atom stereocenters. The van der Waals surface area contributed by atoms with Gasteiger partial charge in [0.05, 0.1) is 18.9 Å². The van der Waals surface area contributed by atoms with Gasteiger partial charge in [0.15, 0.2) is 0 Å². The van der Waals surface area contributed by atoms with Gasteiger partial charge in [-0.2, -0.15) is 8.78 Å². The van der Waals surface area contributed by atoms with E-state index in [4.69, 9.17) is 4.42 Å². The van der Waals surface area contributed by atoms with Crippen LogP contribution in [0.1, 0.15) is 18.7 Å². The molecule has 0 radical (unpaired) electrons. The Bertz CT molecular complexity index is 330. The highest BCUT2D eigenvalue weighted by Crippen LogP contribution is 2.23. The highest BCUT2D eigenvalue weighted by Gasteiger charge is 2.41. The third-order valence-electron chi connectivity index (χ3n) is 2.24. The summed E-state index contributed by atoms with van der Waals surface area (Å²) in [4.78, 5) is 0. The Balaban J connectivity index is 2.44. The molecule has 0 aromatic carbocycles. The van der Waals surface area contributed by atoms with Gasteiger partial charge in [-0.3, -0.25) is 0 Å². The Labute approximate surface area is 102 Å². The van der Waals surface area contributed by atoms with Crippen LogP contribution in [0, 0.1) is 0 Å². The molecule has 0 spiro atoms. The van der Waals surface area contributed by atoms with Crippen molar-refractivity contribution in [1.82, 2.24) is 5.32 Å². The molecule has 1 rings (SSSR count). The minimum atomic E-state index is -4.13. The number of nitrogens with one attached hydrogen (secondary N) is 1. The number of ether oxygens (including phenoxy) is 1. The molecule has 0 fully saturated rings. The fraction of sp³-hybridized carbons (Fsp3) is 0.636. The number of hydrogen-bond acceptors (Lipinski definition) is 3. The van der Waals surface area contributed by atoms with Crippen LogP contribution in [-0.2, 0) is 4.74 Å². The van der Waals surface area contributed by atoms with E-state index in [9.17, 15) is 17.6 Å².